The number of aromatic nitrogens is 2. The molecule has 5 N–H and O–H groups in total. The lowest BCUT2D eigenvalue weighted by molar-refractivity contribution is -0.653. The van der Waals surface area contributed by atoms with Crippen LogP contribution < -0.4 is 26.5 Å². The highest BCUT2D eigenvalue weighted by atomic mass is 19.4. The van der Waals surface area contributed by atoms with Gasteiger partial charge < -0.3 is 19.4 Å². The molecule has 1 amide bonds. The summed E-state index contributed by atoms with van der Waals surface area (Å²) in [4.78, 5) is 32.8. The average molecular weight is 615 g/mol. The number of rotatable bonds is 8. The largest absolute Gasteiger partial charge is 0.496 e. The van der Waals surface area contributed by atoms with Crippen LogP contribution in [0.25, 0.3) is 11.2 Å². The normalized spacial score (nSPS) is 17.2. The molecule has 44 heavy (non-hydrogen) atoms. The number of piperazine rings is 1. The number of aromatic amines is 1. The molecule has 0 aromatic carbocycles. The maximum atomic E-state index is 13.8. The summed E-state index contributed by atoms with van der Waals surface area (Å²) in [6.45, 7) is 8.23. The van der Waals surface area contributed by atoms with Crippen molar-refractivity contribution in [2.24, 2.45) is 0 Å². The molecule has 5 heterocycles. The molecule has 1 unspecified atom stereocenters. The minimum absolute atomic E-state index is 0.0338. The lowest BCUT2D eigenvalue weighted by atomic mass is 9.99. The monoisotopic (exact) mass is 614 g/mol. The van der Waals surface area contributed by atoms with E-state index in [1.54, 1.807) is 13.0 Å². The molecule has 2 aliphatic heterocycles. The zero-order valence-electron chi connectivity index (χ0n) is 25.6. The molecule has 0 bridgehead atoms. The van der Waals surface area contributed by atoms with Crippen LogP contribution in [0.3, 0.4) is 0 Å². The summed E-state index contributed by atoms with van der Waals surface area (Å²) in [5.74, 6) is 0.0389. The zero-order chi connectivity index (χ0) is 31.8. The highest BCUT2D eigenvalue weighted by Gasteiger charge is 2.34. The minimum Gasteiger partial charge on any atom is -0.496 e. The van der Waals surface area contributed by atoms with Crippen LogP contribution in [0, 0.1) is 13.8 Å². The van der Waals surface area contributed by atoms with Crippen molar-refractivity contribution in [1.29, 1.82) is 0 Å². The number of hydrogen-bond acceptors (Lipinski definition) is 6. The molecular formula is C31H39F3N7O3+. The summed E-state index contributed by atoms with van der Waals surface area (Å²) in [5.41, 5.74) is 11.6. The van der Waals surface area contributed by atoms with E-state index >= 15 is 0 Å². The Balaban J connectivity index is 1.51. The molecule has 0 spiro atoms. The number of alkyl halides is 3. The number of carbonyl (C=O) groups is 1. The second-order valence-electron chi connectivity index (χ2n) is 11.4. The first-order chi connectivity index (χ1) is 20.9. The summed E-state index contributed by atoms with van der Waals surface area (Å²) < 4.78 is 46.5. The van der Waals surface area contributed by atoms with Crippen molar-refractivity contribution < 1.29 is 28.1 Å². The number of hydrogen-bond donors (Lipinski definition) is 4. The Bertz CT molecular complexity index is 1680. The fraction of sp³-hybridized carbons (Fsp3) is 0.419. The van der Waals surface area contributed by atoms with Crippen LogP contribution in [-0.2, 0) is 6.54 Å². The third-order valence-electron chi connectivity index (χ3n) is 8.39. The number of nitrogens with one attached hydrogen (secondary N) is 3. The molecule has 236 valence electrons. The van der Waals surface area contributed by atoms with Gasteiger partial charge in [-0.2, -0.15) is 13.2 Å². The molecule has 0 radical (unpaired) electrons. The Hall–Kier alpha value is -4.07. The topological polar surface area (TPSA) is 111 Å². The predicted molar refractivity (Wildman–Crippen MR) is 161 cm³/mol. The van der Waals surface area contributed by atoms with Crippen LogP contribution in [0.4, 0.5) is 13.2 Å². The molecule has 0 aliphatic carbocycles. The number of nitrogens with two attached hydrogens (primary N) is 1. The zero-order valence-corrected chi connectivity index (χ0v) is 25.6. The van der Waals surface area contributed by atoms with Crippen LogP contribution in [0.15, 0.2) is 47.0 Å². The van der Waals surface area contributed by atoms with E-state index in [1.807, 2.05) is 56.7 Å². The highest BCUT2D eigenvalue weighted by molar-refractivity contribution is 5.98. The van der Waals surface area contributed by atoms with Crippen molar-refractivity contribution in [3.05, 3.63) is 86.2 Å². The minimum atomic E-state index is -4.24. The van der Waals surface area contributed by atoms with Crippen molar-refractivity contribution in [2.75, 3.05) is 39.8 Å². The maximum absolute atomic E-state index is 13.8. The van der Waals surface area contributed by atoms with E-state index in [1.165, 1.54) is 12.0 Å². The molecule has 2 aliphatic rings. The van der Waals surface area contributed by atoms with Gasteiger partial charge in [0.1, 0.15) is 11.4 Å². The summed E-state index contributed by atoms with van der Waals surface area (Å²) in [6, 6.07) is 5.35. The van der Waals surface area contributed by atoms with Crippen molar-refractivity contribution in [3.8, 4) is 5.75 Å². The smallest absolute Gasteiger partial charge is 0.401 e. The van der Waals surface area contributed by atoms with Gasteiger partial charge in [0.05, 0.1) is 37.0 Å². The number of nitrogens with zero attached hydrogens (tertiary/aromatic N) is 3. The van der Waals surface area contributed by atoms with Crippen molar-refractivity contribution >= 4 is 17.1 Å². The maximum Gasteiger partial charge on any atom is 0.401 e. The summed E-state index contributed by atoms with van der Waals surface area (Å²) in [7, 11) is 1.48. The number of fused-ring (bicyclic) bond motifs is 1. The van der Waals surface area contributed by atoms with Gasteiger partial charge >= 0.3 is 6.18 Å². The third kappa shape index (κ3) is 6.54. The average Bonchev–Trinajstić information content (AvgIpc) is 3.39. The first kappa shape index (κ1) is 31.4. The fourth-order valence-corrected chi connectivity index (χ4v) is 6.05. The lowest BCUT2D eigenvalue weighted by Crippen LogP contribution is -2.90. The van der Waals surface area contributed by atoms with Gasteiger partial charge in [0, 0.05) is 67.9 Å². The number of ether oxygens (including phenoxy) is 1. The number of carbonyl (C=O) groups excluding carboxylic acids is 1. The Kier molecular flexibility index (Phi) is 8.91. The molecule has 1 atom stereocenters. The number of allylic oxidation sites excluding steroid dienone is 3. The van der Waals surface area contributed by atoms with Gasteiger partial charge in [-0.15, -0.1) is 0 Å². The number of H-pyrrole nitrogens is 1. The number of methoxy groups -OCH3 is 1. The predicted octanol–water partition coefficient (Wildman–Crippen LogP) is 2.75. The summed E-state index contributed by atoms with van der Waals surface area (Å²) in [6.07, 6.45) is 1.73. The van der Waals surface area contributed by atoms with E-state index in [9.17, 15) is 22.8 Å². The number of quaternary nitrogens is 1. The van der Waals surface area contributed by atoms with Gasteiger partial charge in [-0.05, 0) is 56.7 Å². The van der Waals surface area contributed by atoms with Crippen molar-refractivity contribution in [1.82, 2.24) is 29.9 Å². The molecule has 10 nitrogen and oxygen atoms in total. The fourth-order valence-electron chi connectivity index (χ4n) is 6.05. The van der Waals surface area contributed by atoms with Gasteiger partial charge in [0.25, 0.3) is 11.5 Å². The molecule has 1 fully saturated rings. The van der Waals surface area contributed by atoms with Gasteiger partial charge in [0.2, 0.25) is 0 Å². The van der Waals surface area contributed by atoms with Crippen molar-refractivity contribution in [2.45, 2.75) is 46.5 Å². The first-order valence-electron chi connectivity index (χ1n) is 14.6. The SMILES string of the molecule is COc1cc(C)[nH]c(=O)c1CNC(=O)c1cc2c(C3=CC=C(C)[NH2+]N3)ccn2c(C(C)N2CCN(CC(F)(F)F)CC2)c1C. The molecule has 3 aromatic rings. The van der Waals surface area contributed by atoms with Crippen molar-refractivity contribution in [3.63, 3.8) is 0 Å². The Morgan fingerprint density at radius 2 is 1.86 bits per heavy atom. The molecule has 3 aromatic heterocycles. The molecule has 5 rings (SSSR count). The quantitative estimate of drug-likeness (QED) is 0.291. The Morgan fingerprint density at radius 1 is 1.14 bits per heavy atom. The number of aryl methyl sites for hydroxylation is 1. The first-order valence-corrected chi connectivity index (χ1v) is 14.6. The van der Waals surface area contributed by atoms with Crippen LogP contribution in [0.2, 0.25) is 0 Å². The van der Waals surface area contributed by atoms with Crippen LogP contribution >= 0.6 is 0 Å². The standard InChI is InChI=1S/C31H38F3N7O3/c1-18-6-7-25(38-37-18)22-8-9-41-26(22)15-23(29(42)35-16-24-27(44-5)14-19(2)36-30(24)43)20(3)28(41)21(4)40-12-10-39(11-13-40)17-31(32,33)34/h6-9,14-15,21,37-38H,10-13,16-17H2,1-5H3,(H,35,42)(H,36,43)/p+1. The van der Waals surface area contributed by atoms with Gasteiger partial charge in [-0.1, -0.05) is 0 Å². The van der Waals surface area contributed by atoms with Gasteiger partial charge in [-0.3, -0.25) is 19.4 Å². The van der Waals surface area contributed by atoms with E-state index < -0.39 is 12.7 Å². The summed E-state index contributed by atoms with van der Waals surface area (Å²) in [5, 5.41) is 2.91. The Labute approximate surface area is 253 Å². The highest BCUT2D eigenvalue weighted by Crippen LogP contribution is 2.32. The molecule has 0 saturated carbocycles. The summed E-state index contributed by atoms with van der Waals surface area (Å²) >= 11 is 0. The van der Waals surface area contributed by atoms with Crippen LogP contribution in [0.1, 0.15) is 58.3 Å². The van der Waals surface area contributed by atoms with Crippen LogP contribution in [-0.4, -0.2) is 71.1 Å². The van der Waals surface area contributed by atoms with Gasteiger partial charge in [0.15, 0.2) is 0 Å². The molecule has 13 heteroatoms. The van der Waals surface area contributed by atoms with E-state index in [-0.39, 0.29) is 24.1 Å². The number of amides is 1. The van der Waals surface area contributed by atoms with Gasteiger partial charge in [-0.25, -0.2) is 10.9 Å². The van der Waals surface area contributed by atoms with Crippen LogP contribution in [0.5, 0.6) is 5.75 Å². The van der Waals surface area contributed by atoms with E-state index in [4.69, 9.17) is 4.74 Å². The molecule has 1 saturated heterocycles. The number of halogens is 3. The van der Waals surface area contributed by atoms with E-state index in [0.717, 1.165) is 33.7 Å². The third-order valence-corrected chi connectivity index (χ3v) is 8.39. The van der Waals surface area contributed by atoms with E-state index in [0.29, 0.717) is 48.7 Å². The lowest BCUT2D eigenvalue weighted by Gasteiger charge is -2.39. The second-order valence-corrected chi connectivity index (χ2v) is 11.4. The number of pyridine rings is 2. The Morgan fingerprint density at radius 3 is 2.50 bits per heavy atom. The second kappa shape index (κ2) is 12.5. The van der Waals surface area contributed by atoms with E-state index in [2.05, 4.69) is 25.0 Å². The molecular weight excluding hydrogens is 575 g/mol.